The van der Waals surface area contributed by atoms with Crippen molar-refractivity contribution in [2.24, 2.45) is 0 Å². The minimum atomic E-state index is -1.01. The Morgan fingerprint density at radius 1 is 0.457 bits per heavy atom. The second-order valence-corrected chi connectivity index (χ2v) is 13.8. The second kappa shape index (κ2) is 33.0. The summed E-state index contributed by atoms with van der Waals surface area (Å²) in [5.41, 5.74) is 0. The zero-order valence-electron chi connectivity index (χ0n) is 30.0. The molecule has 0 aliphatic carbocycles. The third kappa shape index (κ3) is 32.1. The standard InChI is InChI=1S/C39H73NO6/c1-2-3-4-5-6-7-8-9-10-11-12-13-14-15-16-17-18-19-20-21-22-26-33-40(34-27-23-30-37(41)42,35-28-24-31-38(43)44)36-29-25-32-39(45)46/h5-6H,2-4,7-36H2,1H3,(H2-,41,42,43,44,45,46)/b6-5+. The number of quaternary nitrogens is 1. The lowest BCUT2D eigenvalue weighted by molar-refractivity contribution is -0.929. The maximum absolute atomic E-state index is 11.0. The molecule has 0 aromatic carbocycles. The van der Waals surface area contributed by atoms with Crippen molar-refractivity contribution in [3.05, 3.63) is 12.2 Å². The van der Waals surface area contributed by atoms with Gasteiger partial charge in [0.05, 0.1) is 26.2 Å². The largest absolute Gasteiger partial charge is 0.550 e. The Morgan fingerprint density at radius 3 is 1.11 bits per heavy atom. The predicted molar refractivity (Wildman–Crippen MR) is 189 cm³/mol. The van der Waals surface area contributed by atoms with E-state index in [2.05, 4.69) is 19.1 Å². The van der Waals surface area contributed by atoms with E-state index >= 15 is 0 Å². The van der Waals surface area contributed by atoms with Gasteiger partial charge in [0, 0.05) is 18.8 Å². The molecule has 7 nitrogen and oxygen atoms in total. The fourth-order valence-electron chi connectivity index (χ4n) is 6.58. The van der Waals surface area contributed by atoms with E-state index in [-0.39, 0.29) is 19.3 Å². The maximum Gasteiger partial charge on any atom is 0.303 e. The predicted octanol–water partition coefficient (Wildman–Crippen LogP) is 9.61. The van der Waals surface area contributed by atoms with E-state index in [4.69, 9.17) is 10.2 Å². The van der Waals surface area contributed by atoms with Crippen molar-refractivity contribution in [1.29, 1.82) is 0 Å². The Balaban J connectivity index is 4.13. The van der Waals surface area contributed by atoms with E-state index in [1.165, 1.54) is 122 Å². The molecule has 0 heterocycles. The van der Waals surface area contributed by atoms with E-state index in [9.17, 15) is 19.5 Å². The summed E-state index contributed by atoms with van der Waals surface area (Å²) in [4.78, 5) is 33.0. The van der Waals surface area contributed by atoms with Crippen LogP contribution in [0.1, 0.15) is 193 Å². The molecule has 0 aromatic rings. The molecule has 0 radical (unpaired) electrons. The summed E-state index contributed by atoms with van der Waals surface area (Å²) in [6, 6.07) is 0. The number of unbranched alkanes of at least 4 members (excludes halogenated alkanes) is 21. The first-order chi connectivity index (χ1) is 22.3. The van der Waals surface area contributed by atoms with Crippen LogP contribution in [0.2, 0.25) is 0 Å². The molecule has 0 unspecified atom stereocenters. The summed E-state index contributed by atoms with van der Waals surface area (Å²) in [6.07, 6.45) is 35.8. The third-order valence-electron chi connectivity index (χ3n) is 9.45. The fourth-order valence-corrected chi connectivity index (χ4v) is 6.58. The highest BCUT2D eigenvalue weighted by Crippen LogP contribution is 2.20. The van der Waals surface area contributed by atoms with Gasteiger partial charge in [0.2, 0.25) is 0 Å². The molecule has 0 saturated carbocycles. The smallest absolute Gasteiger partial charge is 0.303 e. The van der Waals surface area contributed by atoms with Gasteiger partial charge in [-0.15, -0.1) is 0 Å². The SMILES string of the molecule is CCCC/C=C/CCCCCCCCCCCCCCCCCC[N+](CCCCC(=O)[O-])(CCCCC(=O)O)CCCCC(=O)O. The number of carboxylic acid groups (broad SMARTS) is 3. The molecule has 7 heteroatoms. The average Bonchev–Trinajstić information content (AvgIpc) is 3.02. The highest BCUT2D eigenvalue weighted by molar-refractivity contribution is 5.66. The molecule has 2 N–H and O–H groups in total. The Bertz CT molecular complexity index is 698. The normalized spacial score (nSPS) is 11.8. The van der Waals surface area contributed by atoms with Gasteiger partial charge in [-0.2, -0.15) is 0 Å². The van der Waals surface area contributed by atoms with Gasteiger partial charge in [-0.1, -0.05) is 115 Å². The number of rotatable bonds is 37. The molecule has 0 saturated heterocycles. The van der Waals surface area contributed by atoms with Crippen LogP contribution in [0, 0.1) is 0 Å². The summed E-state index contributed by atoms with van der Waals surface area (Å²) >= 11 is 0. The van der Waals surface area contributed by atoms with Crippen molar-refractivity contribution in [3.63, 3.8) is 0 Å². The summed E-state index contributed by atoms with van der Waals surface area (Å²) in [5, 5.41) is 29.0. The van der Waals surface area contributed by atoms with Crippen LogP contribution in [-0.2, 0) is 14.4 Å². The lowest BCUT2D eigenvalue weighted by atomic mass is 10.0. The van der Waals surface area contributed by atoms with Gasteiger partial charge in [0.15, 0.2) is 0 Å². The first-order valence-corrected chi connectivity index (χ1v) is 19.4. The van der Waals surface area contributed by atoms with Crippen molar-refractivity contribution in [2.45, 2.75) is 193 Å². The number of allylic oxidation sites excluding steroid dienone is 2. The highest BCUT2D eigenvalue weighted by Gasteiger charge is 2.26. The Kier molecular flexibility index (Phi) is 31.7. The monoisotopic (exact) mass is 652 g/mol. The molecule has 0 aliphatic heterocycles. The van der Waals surface area contributed by atoms with Crippen molar-refractivity contribution >= 4 is 17.9 Å². The van der Waals surface area contributed by atoms with Gasteiger partial charge in [-0.05, 0) is 77.0 Å². The van der Waals surface area contributed by atoms with Gasteiger partial charge in [-0.3, -0.25) is 9.59 Å². The van der Waals surface area contributed by atoms with Gasteiger partial charge in [0.1, 0.15) is 0 Å². The Labute approximate surface area is 283 Å². The first kappa shape index (κ1) is 44.1. The second-order valence-electron chi connectivity index (χ2n) is 13.8. The molecule has 0 aromatic heterocycles. The number of carboxylic acids is 3. The van der Waals surface area contributed by atoms with Crippen LogP contribution in [0.15, 0.2) is 12.2 Å². The molecule has 0 bridgehead atoms. The van der Waals surface area contributed by atoms with Crippen LogP contribution in [0.5, 0.6) is 0 Å². The zero-order valence-corrected chi connectivity index (χ0v) is 30.0. The lowest BCUT2D eigenvalue weighted by Crippen LogP contribution is -2.51. The van der Waals surface area contributed by atoms with Crippen LogP contribution >= 0.6 is 0 Å². The number of carbonyl (C=O) groups is 3. The van der Waals surface area contributed by atoms with E-state index in [1.54, 1.807) is 0 Å². The first-order valence-electron chi connectivity index (χ1n) is 19.4. The topological polar surface area (TPSA) is 115 Å². The van der Waals surface area contributed by atoms with Crippen LogP contribution in [0.25, 0.3) is 0 Å². The lowest BCUT2D eigenvalue weighted by Gasteiger charge is -2.39. The van der Waals surface area contributed by atoms with Crippen LogP contribution < -0.4 is 5.11 Å². The molecule has 0 rings (SSSR count). The number of nitrogens with zero attached hydrogens (tertiary/aromatic N) is 1. The van der Waals surface area contributed by atoms with Crippen molar-refractivity contribution in [3.8, 4) is 0 Å². The third-order valence-corrected chi connectivity index (χ3v) is 9.45. The van der Waals surface area contributed by atoms with Gasteiger partial charge in [0.25, 0.3) is 0 Å². The van der Waals surface area contributed by atoms with E-state index in [0.717, 1.165) is 56.3 Å². The van der Waals surface area contributed by atoms with E-state index < -0.39 is 17.9 Å². The average molecular weight is 652 g/mol. The number of aliphatic carboxylic acids is 3. The molecular formula is C39H73NO6. The summed E-state index contributed by atoms with van der Waals surface area (Å²) in [7, 11) is 0. The minimum absolute atomic E-state index is 0.0652. The fraction of sp³-hybridized carbons (Fsp3) is 0.872. The quantitative estimate of drug-likeness (QED) is 0.0393. The van der Waals surface area contributed by atoms with Crippen LogP contribution in [0.4, 0.5) is 0 Å². The molecule has 0 atom stereocenters. The zero-order chi connectivity index (χ0) is 34.0. The van der Waals surface area contributed by atoms with Crippen molar-refractivity contribution in [2.75, 3.05) is 26.2 Å². The minimum Gasteiger partial charge on any atom is -0.550 e. The van der Waals surface area contributed by atoms with Gasteiger partial charge < -0.3 is 24.6 Å². The summed E-state index contributed by atoms with van der Waals surface area (Å²) in [5.74, 6) is -2.56. The van der Waals surface area contributed by atoms with Crippen molar-refractivity contribution in [1.82, 2.24) is 0 Å². The van der Waals surface area contributed by atoms with Crippen LogP contribution in [-0.4, -0.2) is 58.8 Å². The highest BCUT2D eigenvalue weighted by atomic mass is 16.4. The number of hydrogen-bond acceptors (Lipinski definition) is 4. The Morgan fingerprint density at radius 2 is 0.761 bits per heavy atom. The van der Waals surface area contributed by atoms with Gasteiger partial charge >= 0.3 is 11.9 Å². The van der Waals surface area contributed by atoms with E-state index in [0.29, 0.717) is 19.3 Å². The molecule has 0 aliphatic rings. The molecular weight excluding hydrogens is 578 g/mol. The van der Waals surface area contributed by atoms with E-state index in [1.807, 2.05) is 0 Å². The number of hydrogen-bond donors (Lipinski definition) is 2. The maximum atomic E-state index is 11.0. The summed E-state index contributed by atoms with van der Waals surface area (Å²) < 4.78 is 0.850. The molecule has 0 amide bonds. The molecule has 0 fully saturated rings. The number of carbonyl (C=O) groups excluding carboxylic acids is 1. The molecule has 46 heavy (non-hydrogen) atoms. The van der Waals surface area contributed by atoms with Crippen molar-refractivity contribution < 1.29 is 34.2 Å². The molecule has 0 spiro atoms. The van der Waals surface area contributed by atoms with Crippen LogP contribution in [0.3, 0.4) is 0 Å². The Hall–Kier alpha value is -1.89. The van der Waals surface area contributed by atoms with Gasteiger partial charge in [-0.25, -0.2) is 0 Å². The summed E-state index contributed by atoms with van der Waals surface area (Å²) in [6.45, 7) is 5.87. The molecule has 270 valence electrons.